The third kappa shape index (κ3) is 3.10. The molecule has 2 aromatic carbocycles. The molecular weight excluding hydrogens is 308 g/mol. The van der Waals surface area contributed by atoms with Gasteiger partial charge in [-0.25, -0.2) is 10.9 Å². The number of phenols is 1. The molecule has 1 heterocycles. The lowest BCUT2D eigenvalue weighted by Crippen LogP contribution is -2.29. The monoisotopic (exact) mass is 324 g/mol. The molecular formula is C17H16N4O3. The number of carbonyl (C=O) groups excluding carboxylic acids is 2. The van der Waals surface area contributed by atoms with Crippen molar-refractivity contribution in [3.8, 4) is 5.75 Å². The van der Waals surface area contributed by atoms with Crippen LogP contribution in [0.4, 0.5) is 0 Å². The van der Waals surface area contributed by atoms with Crippen LogP contribution in [0.1, 0.15) is 18.9 Å². The van der Waals surface area contributed by atoms with E-state index in [1.165, 1.54) is 6.21 Å². The second-order valence-corrected chi connectivity index (χ2v) is 5.50. The molecule has 3 rings (SSSR count). The van der Waals surface area contributed by atoms with Crippen LogP contribution in [-0.4, -0.2) is 28.8 Å². The van der Waals surface area contributed by atoms with Crippen molar-refractivity contribution < 1.29 is 14.7 Å². The number of benzene rings is 2. The highest BCUT2D eigenvalue weighted by atomic mass is 16.3. The lowest BCUT2D eigenvalue weighted by molar-refractivity contribution is -0.127. The van der Waals surface area contributed by atoms with E-state index < -0.39 is 11.8 Å². The molecule has 0 fully saturated rings. The Morgan fingerprint density at radius 2 is 2.17 bits per heavy atom. The van der Waals surface area contributed by atoms with Crippen molar-refractivity contribution in [1.29, 1.82) is 0 Å². The summed E-state index contributed by atoms with van der Waals surface area (Å²) in [6.07, 6.45) is 1.37. The minimum Gasteiger partial charge on any atom is -0.507 e. The highest BCUT2D eigenvalue weighted by molar-refractivity contribution is 6.09. The van der Waals surface area contributed by atoms with Crippen LogP contribution in [0.25, 0.3) is 10.8 Å². The maximum absolute atomic E-state index is 11.9. The van der Waals surface area contributed by atoms with Gasteiger partial charge >= 0.3 is 0 Å². The average Bonchev–Trinajstić information content (AvgIpc) is 2.89. The average molecular weight is 324 g/mol. The first-order valence-electron chi connectivity index (χ1n) is 7.43. The number of rotatable bonds is 4. The molecule has 1 aliphatic heterocycles. The van der Waals surface area contributed by atoms with E-state index in [0.717, 1.165) is 10.8 Å². The SMILES string of the molecule is CC1=NNC(=O)[C@@H]1CC(=O)N/N=C\c1c(O)ccc2ccccc12. The first-order chi connectivity index (χ1) is 11.6. The molecule has 7 heteroatoms. The lowest BCUT2D eigenvalue weighted by atomic mass is 10.0. The number of aromatic hydroxyl groups is 1. The molecule has 0 bridgehead atoms. The molecule has 1 aliphatic rings. The van der Waals surface area contributed by atoms with Crippen LogP contribution >= 0.6 is 0 Å². The number of amides is 2. The van der Waals surface area contributed by atoms with E-state index in [4.69, 9.17) is 0 Å². The Labute approximate surface area is 138 Å². The summed E-state index contributed by atoms with van der Waals surface area (Å²) >= 11 is 0. The van der Waals surface area contributed by atoms with Gasteiger partial charge in [-0.3, -0.25) is 9.59 Å². The Balaban J connectivity index is 1.71. The molecule has 0 radical (unpaired) electrons. The Hall–Kier alpha value is -3.22. The molecule has 122 valence electrons. The molecule has 2 amide bonds. The highest BCUT2D eigenvalue weighted by Crippen LogP contribution is 2.25. The smallest absolute Gasteiger partial charge is 0.249 e. The van der Waals surface area contributed by atoms with Gasteiger partial charge in [0.15, 0.2) is 0 Å². The summed E-state index contributed by atoms with van der Waals surface area (Å²) in [5.41, 5.74) is 5.80. The van der Waals surface area contributed by atoms with Crippen molar-refractivity contribution in [2.45, 2.75) is 13.3 Å². The summed E-state index contributed by atoms with van der Waals surface area (Å²) in [7, 11) is 0. The van der Waals surface area contributed by atoms with E-state index in [0.29, 0.717) is 11.3 Å². The molecule has 7 nitrogen and oxygen atoms in total. The van der Waals surface area contributed by atoms with Crippen LogP contribution in [0.3, 0.4) is 0 Å². The van der Waals surface area contributed by atoms with Gasteiger partial charge in [-0.05, 0) is 23.8 Å². The minimum absolute atomic E-state index is 0.0278. The van der Waals surface area contributed by atoms with Gasteiger partial charge in [0, 0.05) is 17.7 Å². The van der Waals surface area contributed by atoms with Crippen LogP contribution in [-0.2, 0) is 9.59 Å². The van der Waals surface area contributed by atoms with E-state index in [2.05, 4.69) is 21.1 Å². The van der Waals surface area contributed by atoms with Crippen LogP contribution in [0.5, 0.6) is 5.75 Å². The normalized spacial score (nSPS) is 17.1. The largest absolute Gasteiger partial charge is 0.507 e. The molecule has 0 spiro atoms. The second kappa shape index (κ2) is 6.49. The number of hydrazone groups is 2. The van der Waals surface area contributed by atoms with Crippen molar-refractivity contribution in [2.24, 2.45) is 16.1 Å². The maximum Gasteiger partial charge on any atom is 0.249 e. The molecule has 24 heavy (non-hydrogen) atoms. The van der Waals surface area contributed by atoms with Crippen LogP contribution in [0.2, 0.25) is 0 Å². The molecule has 1 atom stereocenters. The lowest BCUT2D eigenvalue weighted by Gasteiger charge is -2.06. The van der Waals surface area contributed by atoms with Gasteiger partial charge in [0.1, 0.15) is 5.75 Å². The first-order valence-corrected chi connectivity index (χ1v) is 7.43. The molecule has 0 saturated carbocycles. The molecule has 0 aromatic heterocycles. The van der Waals surface area contributed by atoms with Gasteiger partial charge in [0.05, 0.1) is 12.1 Å². The standard InChI is InChI=1S/C17H16N4O3/c1-10-13(17(24)21-19-10)8-16(23)20-18-9-14-12-5-3-2-4-11(12)6-7-15(14)22/h2-7,9,13,22H,8H2,1H3,(H,20,23)(H,21,24)/b18-9-/t13-/m1/s1. The molecule has 2 aromatic rings. The van der Waals surface area contributed by atoms with Gasteiger partial charge in [-0.15, -0.1) is 0 Å². The molecule has 3 N–H and O–H groups in total. The summed E-state index contributed by atoms with van der Waals surface area (Å²) < 4.78 is 0. The predicted octanol–water partition coefficient (Wildman–Crippen LogP) is 1.51. The fourth-order valence-electron chi connectivity index (χ4n) is 2.55. The van der Waals surface area contributed by atoms with Gasteiger partial charge in [0.2, 0.25) is 11.8 Å². The van der Waals surface area contributed by atoms with E-state index in [1.807, 2.05) is 24.3 Å². The third-order valence-electron chi connectivity index (χ3n) is 3.88. The number of carbonyl (C=O) groups is 2. The fourth-order valence-corrected chi connectivity index (χ4v) is 2.55. The third-order valence-corrected chi connectivity index (χ3v) is 3.88. The second-order valence-electron chi connectivity index (χ2n) is 5.50. The number of hydrogen-bond acceptors (Lipinski definition) is 5. The van der Waals surface area contributed by atoms with E-state index >= 15 is 0 Å². The Kier molecular flexibility index (Phi) is 4.24. The number of hydrogen-bond donors (Lipinski definition) is 3. The summed E-state index contributed by atoms with van der Waals surface area (Å²) in [4.78, 5) is 23.4. The van der Waals surface area contributed by atoms with Crippen molar-refractivity contribution in [1.82, 2.24) is 10.9 Å². The van der Waals surface area contributed by atoms with E-state index in [-0.39, 0.29) is 18.1 Å². The van der Waals surface area contributed by atoms with Gasteiger partial charge in [0.25, 0.3) is 0 Å². The number of phenolic OH excluding ortho intramolecular Hbond substituents is 1. The van der Waals surface area contributed by atoms with Crippen molar-refractivity contribution in [2.75, 3.05) is 0 Å². The first kappa shape index (κ1) is 15.7. The highest BCUT2D eigenvalue weighted by Gasteiger charge is 2.28. The van der Waals surface area contributed by atoms with Crippen molar-refractivity contribution in [3.63, 3.8) is 0 Å². The predicted molar refractivity (Wildman–Crippen MR) is 90.7 cm³/mol. The fraction of sp³-hybridized carbons (Fsp3) is 0.176. The molecule has 0 unspecified atom stereocenters. The van der Waals surface area contributed by atoms with Crippen LogP contribution in [0.15, 0.2) is 46.6 Å². The summed E-state index contributed by atoms with van der Waals surface area (Å²) in [6, 6.07) is 10.9. The summed E-state index contributed by atoms with van der Waals surface area (Å²) in [6.45, 7) is 1.69. The topological polar surface area (TPSA) is 103 Å². The maximum atomic E-state index is 11.9. The van der Waals surface area contributed by atoms with Gasteiger partial charge < -0.3 is 5.11 Å². The van der Waals surface area contributed by atoms with Crippen molar-refractivity contribution in [3.05, 3.63) is 42.0 Å². The number of fused-ring (bicyclic) bond motifs is 1. The van der Waals surface area contributed by atoms with E-state index in [9.17, 15) is 14.7 Å². The number of nitrogens with one attached hydrogen (secondary N) is 2. The summed E-state index contributed by atoms with van der Waals surface area (Å²) in [5, 5.41) is 19.5. The Morgan fingerprint density at radius 3 is 2.92 bits per heavy atom. The zero-order chi connectivity index (χ0) is 17.1. The minimum atomic E-state index is -0.564. The summed E-state index contributed by atoms with van der Waals surface area (Å²) in [5.74, 6) is -1.18. The van der Waals surface area contributed by atoms with E-state index in [1.54, 1.807) is 19.1 Å². The number of nitrogens with zero attached hydrogens (tertiary/aromatic N) is 2. The Morgan fingerprint density at radius 1 is 1.38 bits per heavy atom. The quantitative estimate of drug-likeness (QED) is 0.586. The van der Waals surface area contributed by atoms with Gasteiger partial charge in [-0.2, -0.15) is 10.2 Å². The van der Waals surface area contributed by atoms with Crippen molar-refractivity contribution >= 4 is 34.5 Å². The zero-order valence-corrected chi connectivity index (χ0v) is 13.0. The van der Waals surface area contributed by atoms with Gasteiger partial charge in [-0.1, -0.05) is 30.3 Å². The van der Waals surface area contributed by atoms with Crippen LogP contribution < -0.4 is 10.9 Å². The Bertz CT molecular complexity index is 873. The zero-order valence-electron chi connectivity index (χ0n) is 13.0. The van der Waals surface area contributed by atoms with Crippen LogP contribution in [0, 0.1) is 5.92 Å². The molecule has 0 saturated heterocycles. The molecule has 0 aliphatic carbocycles.